The fraction of sp³-hybridized carbons (Fsp3) is 0.167. The first kappa shape index (κ1) is 14.5. The monoisotopic (exact) mass is 323 g/mol. The predicted octanol–water partition coefficient (Wildman–Crippen LogP) is 6.86. The van der Waals surface area contributed by atoms with E-state index in [4.69, 9.17) is 0 Å². The summed E-state index contributed by atoms with van der Waals surface area (Å²) >= 11 is 0. The van der Waals surface area contributed by atoms with Gasteiger partial charge in [-0.25, -0.2) is 0 Å². The number of benzene rings is 4. The minimum Gasteiger partial charge on any atom is -0.335 e. The van der Waals surface area contributed by atoms with Gasteiger partial charge in [-0.15, -0.1) is 0 Å². The maximum absolute atomic E-state index is 2.52. The Balaban J connectivity index is 2.17. The standard InChI is InChI=1S/C24H21N/c1-24(2,3)25-21-15-13-16-8-4-6-10-18(16)22(21)20-14-12-17-9-5-7-11-19(17)23(20)25/h4-15H,1-3H3. The zero-order valence-electron chi connectivity index (χ0n) is 14.9. The van der Waals surface area contributed by atoms with Gasteiger partial charge in [-0.05, 0) is 43.0 Å². The first-order valence-electron chi connectivity index (χ1n) is 8.90. The summed E-state index contributed by atoms with van der Waals surface area (Å²) in [4.78, 5) is 0. The highest BCUT2D eigenvalue weighted by Crippen LogP contribution is 2.40. The smallest absolute Gasteiger partial charge is 0.0576 e. The average molecular weight is 323 g/mol. The summed E-state index contributed by atoms with van der Waals surface area (Å²) in [6.07, 6.45) is 0. The van der Waals surface area contributed by atoms with Crippen LogP contribution >= 0.6 is 0 Å². The Morgan fingerprint density at radius 1 is 0.600 bits per heavy atom. The van der Waals surface area contributed by atoms with Gasteiger partial charge in [0, 0.05) is 21.7 Å². The lowest BCUT2D eigenvalue weighted by molar-refractivity contribution is 0.424. The second-order valence-electron chi connectivity index (χ2n) is 7.87. The van der Waals surface area contributed by atoms with E-state index in [0.29, 0.717) is 0 Å². The van der Waals surface area contributed by atoms with Crippen LogP contribution in [0.15, 0.2) is 72.8 Å². The van der Waals surface area contributed by atoms with Gasteiger partial charge >= 0.3 is 0 Å². The molecule has 0 N–H and O–H groups in total. The molecule has 5 aromatic rings. The molecule has 0 atom stereocenters. The SMILES string of the molecule is CC(C)(C)n1c2ccc3ccccc3c2c2ccc3ccccc3c21. The second-order valence-corrected chi connectivity index (χ2v) is 7.87. The van der Waals surface area contributed by atoms with Gasteiger partial charge in [0.05, 0.1) is 11.0 Å². The Kier molecular flexibility index (Phi) is 2.82. The summed E-state index contributed by atoms with van der Waals surface area (Å²) in [6, 6.07) is 26.5. The molecule has 1 heteroatoms. The Morgan fingerprint density at radius 3 is 1.92 bits per heavy atom. The maximum Gasteiger partial charge on any atom is 0.0576 e. The van der Waals surface area contributed by atoms with Crippen molar-refractivity contribution in [2.75, 3.05) is 0 Å². The maximum atomic E-state index is 2.52. The van der Waals surface area contributed by atoms with Crippen LogP contribution in [0.5, 0.6) is 0 Å². The third-order valence-corrected chi connectivity index (χ3v) is 5.21. The molecule has 0 bridgehead atoms. The minimum atomic E-state index is 0.00653. The van der Waals surface area contributed by atoms with Crippen LogP contribution in [0.2, 0.25) is 0 Å². The zero-order chi connectivity index (χ0) is 17.2. The van der Waals surface area contributed by atoms with Crippen LogP contribution in [0.4, 0.5) is 0 Å². The van der Waals surface area contributed by atoms with Gasteiger partial charge in [0.15, 0.2) is 0 Å². The van der Waals surface area contributed by atoms with Crippen LogP contribution in [0, 0.1) is 0 Å². The molecule has 1 aromatic heterocycles. The number of hydrogen-bond donors (Lipinski definition) is 0. The van der Waals surface area contributed by atoms with E-state index >= 15 is 0 Å². The van der Waals surface area contributed by atoms with Gasteiger partial charge in [-0.2, -0.15) is 0 Å². The van der Waals surface area contributed by atoms with Crippen LogP contribution in [-0.4, -0.2) is 4.57 Å². The van der Waals surface area contributed by atoms with Crippen LogP contribution in [0.1, 0.15) is 20.8 Å². The van der Waals surface area contributed by atoms with Crippen molar-refractivity contribution >= 4 is 43.4 Å². The molecule has 25 heavy (non-hydrogen) atoms. The number of aromatic nitrogens is 1. The van der Waals surface area contributed by atoms with Crippen molar-refractivity contribution < 1.29 is 0 Å². The minimum absolute atomic E-state index is 0.00653. The van der Waals surface area contributed by atoms with E-state index in [1.807, 2.05) is 0 Å². The van der Waals surface area contributed by atoms with Crippen molar-refractivity contribution in [1.82, 2.24) is 4.57 Å². The molecule has 5 rings (SSSR count). The van der Waals surface area contributed by atoms with Crippen LogP contribution in [0.3, 0.4) is 0 Å². The molecule has 0 aliphatic carbocycles. The fourth-order valence-corrected chi connectivity index (χ4v) is 4.24. The molecular formula is C24H21N. The van der Waals surface area contributed by atoms with Crippen molar-refractivity contribution in [3.8, 4) is 0 Å². The molecule has 1 nitrogen and oxygen atoms in total. The van der Waals surface area contributed by atoms with Gasteiger partial charge in [-0.3, -0.25) is 0 Å². The molecule has 0 saturated carbocycles. The van der Waals surface area contributed by atoms with E-state index in [-0.39, 0.29) is 5.54 Å². The van der Waals surface area contributed by atoms with Crippen molar-refractivity contribution in [2.45, 2.75) is 26.3 Å². The summed E-state index contributed by atoms with van der Waals surface area (Å²) in [6.45, 7) is 6.88. The Hall–Kier alpha value is -2.80. The summed E-state index contributed by atoms with van der Waals surface area (Å²) in [7, 11) is 0. The normalized spacial score (nSPS) is 12.6. The van der Waals surface area contributed by atoms with Crippen molar-refractivity contribution in [3.05, 3.63) is 72.8 Å². The van der Waals surface area contributed by atoms with E-state index < -0.39 is 0 Å². The molecule has 0 aliphatic heterocycles. The number of fused-ring (bicyclic) bond motifs is 7. The van der Waals surface area contributed by atoms with E-state index in [0.717, 1.165) is 0 Å². The highest BCUT2D eigenvalue weighted by Gasteiger charge is 2.22. The molecule has 4 aromatic carbocycles. The van der Waals surface area contributed by atoms with Crippen LogP contribution in [-0.2, 0) is 5.54 Å². The van der Waals surface area contributed by atoms with Gasteiger partial charge in [0.1, 0.15) is 0 Å². The van der Waals surface area contributed by atoms with Crippen molar-refractivity contribution in [3.63, 3.8) is 0 Å². The van der Waals surface area contributed by atoms with Crippen molar-refractivity contribution in [1.29, 1.82) is 0 Å². The first-order valence-corrected chi connectivity index (χ1v) is 8.90. The summed E-state index contributed by atoms with van der Waals surface area (Å²) < 4.78 is 2.52. The quantitative estimate of drug-likeness (QED) is 0.293. The molecule has 0 spiro atoms. The highest BCUT2D eigenvalue weighted by atomic mass is 15.0. The molecule has 0 saturated heterocycles. The topological polar surface area (TPSA) is 4.93 Å². The lowest BCUT2D eigenvalue weighted by atomic mass is 10.0. The predicted molar refractivity (Wildman–Crippen MR) is 109 cm³/mol. The second kappa shape index (κ2) is 4.86. The summed E-state index contributed by atoms with van der Waals surface area (Å²) in [5, 5.41) is 7.98. The molecule has 122 valence electrons. The highest BCUT2D eigenvalue weighted by molar-refractivity contribution is 6.25. The van der Waals surface area contributed by atoms with Gasteiger partial charge in [0.2, 0.25) is 0 Å². The van der Waals surface area contributed by atoms with Crippen LogP contribution in [0.25, 0.3) is 43.4 Å². The lowest BCUT2D eigenvalue weighted by Crippen LogP contribution is -2.21. The van der Waals surface area contributed by atoms with E-state index in [1.165, 1.54) is 43.4 Å². The summed E-state index contributed by atoms with van der Waals surface area (Å²) in [5.41, 5.74) is 2.67. The summed E-state index contributed by atoms with van der Waals surface area (Å²) in [5.74, 6) is 0. The molecule has 1 heterocycles. The Morgan fingerprint density at radius 2 is 1.20 bits per heavy atom. The zero-order valence-corrected chi connectivity index (χ0v) is 14.9. The van der Waals surface area contributed by atoms with Gasteiger partial charge < -0.3 is 4.57 Å². The molecule has 0 unspecified atom stereocenters. The molecule has 0 fully saturated rings. The third-order valence-electron chi connectivity index (χ3n) is 5.21. The third kappa shape index (κ3) is 1.96. The largest absolute Gasteiger partial charge is 0.335 e. The average Bonchev–Trinajstić information content (AvgIpc) is 2.97. The molecule has 0 amide bonds. The Labute approximate surface area is 147 Å². The van der Waals surface area contributed by atoms with Gasteiger partial charge in [-0.1, -0.05) is 66.7 Å². The van der Waals surface area contributed by atoms with E-state index in [2.05, 4.69) is 98.1 Å². The molecule has 0 aliphatic rings. The fourth-order valence-electron chi connectivity index (χ4n) is 4.24. The number of nitrogens with zero attached hydrogens (tertiary/aromatic N) is 1. The number of hydrogen-bond acceptors (Lipinski definition) is 0. The van der Waals surface area contributed by atoms with Gasteiger partial charge in [0.25, 0.3) is 0 Å². The number of rotatable bonds is 0. The lowest BCUT2D eigenvalue weighted by Gasteiger charge is -2.25. The van der Waals surface area contributed by atoms with E-state index in [1.54, 1.807) is 0 Å². The Bertz CT molecular complexity index is 1270. The van der Waals surface area contributed by atoms with Crippen molar-refractivity contribution in [2.24, 2.45) is 0 Å². The first-order chi connectivity index (χ1) is 12.1. The van der Waals surface area contributed by atoms with E-state index in [9.17, 15) is 0 Å². The molecular weight excluding hydrogens is 302 g/mol. The van der Waals surface area contributed by atoms with Crippen LogP contribution < -0.4 is 0 Å². The molecule has 0 radical (unpaired) electrons.